The molecule has 0 N–H and O–H groups in total. The second-order valence-electron chi connectivity index (χ2n) is 15.3. The summed E-state index contributed by atoms with van der Waals surface area (Å²) in [7, 11) is 1.53. The van der Waals surface area contributed by atoms with E-state index in [1.807, 2.05) is 57.2 Å². The van der Waals surface area contributed by atoms with Crippen LogP contribution in [0, 0.1) is 45.3 Å². The van der Waals surface area contributed by atoms with Crippen LogP contribution in [0.4, 0.5) is 0 Å². The highest BCUT2D eigenvalue weighted by Crippen LogP contribution is 2.57. The molecule has 0 radical (unpaired) electrons. The molecular formula is C40H40N6O3. The Morgan fingerprint density at radius 3 is 2.16 bits per heavy atom. The molecule has 4 aliphatic rings. The van der Waals surface area contributed by atoms with Crippen molar-refractivity contribution in [3.63, 3.8) is 0 Å². The Morgan fingerprint density at radius 1 is 0.837 bits per heavy atom. The number of Topliss-reactive ketones (excluding diaryl/α,β-unsaturated/α-hetero) is 2. The molecule has 0 spiro atoms. The third kappa shape index (κ3) is 4.70. The highest BCUT2D eigenvalue weighted by atomic mass is 16.5. The highest BCUT2D eigenvalue weighted by Gasteiger charge is 2.57. The normalized spacial score (nSPS) is 29.6. The summed E-state index contributed by atoms with van der Waals surface area (Å²) in [6.45, 7) is 10.0. The molecule has 2 heterocycles. The molecule has 1 unspecified atom stereocenters. The van der Waals surface area contributed by atoms with Crippen LogP contribution in [0.2, 0.25) is 0 Å². The molecule has 0 bridgehead atoms. The number of hydrogen-bond acceptors (Lipinski definition) is 9. The van der Waals surface area contributed by atoms with E-state index < -0.39 is 21.7 Å². The van der Waals surface area contributed by atoms with Crippen LogP contribution in [0.5, 0.6) is 6.01 Å². The minimum Gasteiger partial charge on any atom is -0.467 e. The zero-order chi connectivity index (χ0) is 34.9. The molecular weight excluding hydrogens is 612 g/mol. The lowest BCUT2D eigenvalue weighted by Gasteiger charge is -2.51. The summed E-state index contributed by atoms with van der Waals surface area (Å²) in [5, 5.41) is 20.2. The quantitative estimate of drug-likeness (QED) is 0.310. The van der Waals surface area contributed by atoms with Crippen LogP contribution in [0.25, 0.3) is 11.3 Å². The highest BCUT2D eigenvalue weighted by molar-refractivity contribution is 6.05. The molecule has 0 aliphatic heterocycles. The molecule has 2 aromatic heterocycles. The molecule has 7 rings (SSSR count). The maximum atomic E-state index is 14.2. The summed E-state index contributed by atoms with van der Waals surface area (Å²) in [6, 6.07) is 14.7. The summed E-state index contributed by atoms with van der Waals surface area (Å²) in [6.07, 6.45) is 9.21. The molecule has 9 heteroatoms. The minimum atomic E-state index is -0.893. The smallest absolute Gasteiger partial charge is 0.316 e. The summed E-state index contributed by atoms with van der Waals surface area (Å²) < 4.78 is 5.38. The van der Waals surface area contributed by atoms with Gasteiger partial charge in [-0.05, 0) is 49.5 Å². The van der Waals surface area contributed by atoms with Crippen LogP contribution in [0.15, 0.2) is 59.8 Å². The van der Waals surface area contributed by atoms with Crippen LogP contribution in [0.1, 0.15) is 82.2 Å². The Hall–Kier alpha value is -5.02. The van der Waals surface area contributed by atoms with Gasteiger partial charge in [0.25, 0.3) is 0 Å². The van der Waals surface area contributed by atoms with Gasteiger partial charge in [-0.3, -0.25) is 9.59 Å². The third-order valence-electron chi connectivity index (χ3n) is 12.2. The average molecular weight is 653 g/mol. The Balaban J connectivity index is 1.34. The number of aryl methyl sites for hydroxylation is 2. The van der Waals surface area contributed by atoms with Crippen LogP contribution >= 0.6 is 0 Å². The van der Waals surface area contributed by atoms with Gasteiger partial charge >= 0.3 is 6.01 Å². The predicted molar refractivity (Wildman–Crippen MR) is 182 cm³/mol. The van der Waals surface area contributed by atoms with Crippen molar-refractivity contribution in [2.75, 3.05) is 7.11 Å². The van der Waals surface area contributed by atoms with Crippen LogP contribution in [0.3, 0.4) is 0 Å². The molecule has 3 aromatic rings. The van der Waals surface area contributed by atoms with Gasteiger partial charge in [-0.1, -0.05) is 77.1 Å². The Kier molecular flexibility index (Phi) is 7.48. The van der Waals surface area contributed by atoms with Crippen molar-refractivity contribution in [1.82, 2.24) is 19.9 Å². The number of hydrogen-bond donors (Lipinski definition) is 0. The number of fused-ring (bicyclic) bond motifs is 6. The van der Waals surface area contributed by atoms with Crippen molar-refractivity contribution < 1.29 is 14.3 Å². The van der Waals surface area contributed by atoms with E-state index in [1.54, 1.807) is 12.3 Å². The monoisotopic (exact) mass is 652 g/mol. The van der Waals surface area contributed by atoms with Crippen molar-refractivity contribution in [1.29, 1.82) is 10.5 Å². The molecule has 5 atom stereocenters. The Bertz CT molecular complexity index is 2070. The lowest BCUT2D eigenvalue weighted by Crippen LogP contribution is -2.53. The Labute approximate surface area is 287 Å². The van der Waals surface area contributed by atoms with E-state index in [4.69, 9.17) is 19.7 Å². The number of aromatic nitrogens is 4. The van der Waals surface area contributed by atoms with Gasteiger partial charge in [0.05, 0.1) is 35.3 Å². The van der Waals surface area contributed by atoms with Gasteiger partial charge in [-0.2, -0.15) is 15.5 Å². The van der Waals surface area contributed by atoms with Crippen molar-refractivity contribution in [2.45, 2.75) is 84.0 Å². The molecule has 49 heavy (non-hydrogen) atoms. The summed E-state index contributed by atoms with van der Waals surface area (Å²) in [4.78, 5) is 47.1. The van der Waals surface area contributed by atoms with E-state index in [-0.39, 0.29) is 40.6 Å². The number of carbonyl (C=O) groups is 2. The molecule has 1 aromatic carbocycles. The number of nitrogens with zero attached hydrogens (tertiary/aromatic N) is 6. The van der Waals surface area contributed by atoms with Crippen molar-refractivity contribution in [3.8, 4) is 29.4 Å². The van der Waals surface area contributed by atoms with Crippen LogP contribution in [-0.4, -0.2) is 38.6 Å². The number of carbonyl (C=O) groups excluding carboxylic acids is 2. The average Bonchev–Trinajstić information content (AvgIpc) is 3.10. The summed E-state index contributed by atoms with van der Waals surface area (Å²) in [5.41, 5.74) is 2.84. The lowest BCUT2D eigenvalue weighted by molar-refractivity contribution is -0.130. The number of rotatable bonds is 5. The van der Waals surface area contributed by atoms with Gasteiger partial charge in [0.2, 0.25) is 0 Å². The molecule has 0 amide bonds. The molecule has 0 saturated carbocycles. The van der Waals surface area contributed by atoms with Gasteiger partial charge < -0.3 is 4.74 Å². The van der Waals surface area contributed by atoms with Gasteiger partial charge in [0, 0.05) is 45.4 Å². The van der Waals surface area contributed by atoms with E-state index in [0.29, 0.717) is 31.5 Å². The van der Waals surface area contributed by atoms with Gasteiger partial charge in [-0.25, -0.2) is 15.0 Å². The molecule has 248 valence electrons. The maximum absolute atomic E-state index is 14.2. The first-order valence-electron chi connectivity index (χ1n) is 17.0. The molecule has 0 saturated heterocycles. The van der Waals surface area contributed by atoms with E-state index >= 15 is 0 Å². The van der Waals surface area contributed by atoms with E-state index in [9.17, 15) is 20.1 Å². The van der Waals surface area contributed by atoms with Crippen molar-refractivity contribution >= 4 is 11.6 Å². The SMILES string of the molecule is COc1ncc2c(n1)[C@@]1(C)C=C(C#N)C(=O)C(C)(CCc3nc(-c4ccccc4)c4c(n3)[C@@]3(C)C=C(C#N)C(=O)C(C)(C)[C@@H]3CC4)[C@@H]1CC2. The van der Waals surface area contributed by atoms with Crippen LogP contribution < -0.4 is 4.74 Å². The zero-order valence-electron chi connectivity index (χ0n) is 28.9. The minimum absolute atomic E-state index is 0.0498. The maximum Gasteiger partial charge on any atom is 0.316 e. The lowest BCUT2D eigenvalue weighted by atomic mass is 9.50. The van der Waals surface area contributed by atoms with Gasteiger partial charge in [0.15, 0.2) is 11.6 Å². The summed E-state index contributed by atoms with van der Waals surface area (Å²) >= 11 is 0. The molecule has 0 fully saturated rings. The first kappa shape index (κ1) is 32.5. The topological polar surface area (TPSA) is 143 Å². The number of methoxy groups -OCH3 is 1. The fourth-order valence-corrected chi connectivity index (χ4v) is 9.77. The number of ketones is 2. The predicted octanol–water partition coefficient (Wildman–Crippen LogP) is 6.31. The summed E-state index contributed by atoms with van der Waals surface area (Å²) in [5.74, 6) is 0.139. The largest absolute Gasteiger partial charge is 0.467 e. The molecule has 9 nitrogen and oxygen atoms in total. The number of allylic oxidation sites excluding steroid dienone is 4. The Morgan fingerprint density at radius 2 is 1.49 bits per heavy atom. The number of ether oxygens (including phenoxy) is 1. The van der Waals surface area contributed by atoms with Crippen LogP contribution in [-0.2, 0) is 39.7 Å². The fourth-order valence-electron chi connectivity index (χ4n) is 9.77. The first-order chi connectivity index (χ1) is 23.3. The van der Waals surface area contributed by atoms with E-state index in [1.165, 1.54) is 7.11 Å². The fraction of sp³-hybridized carbons (Fsp3) is 0.450. The van der Waals surface area contributed by atoms with E-state index in [0.717, 1.165) is 46.6 Å². The standard InChI is InChI=1S/C40H40N6O3/c1-37(2)28-15-13-27-31(23-10-8-7-9-11-23)44-30(45-33(27)39(28,4)18-25(20-41)34(37)47)16-17-38(3)29-14-12-24-22-43-36(49-6)46-32(24)40(29,5)19-26(21-42)35(38)48/h7-11,18-19,22,28-29H,12-17H2,1-6H3/t28-,29-,38?,39-,40-/m0/s1. The second kappa shape index (κ2) is 11.3. The third-order valence-corrected chi connectivity index (χ3v) is 12.2. The molecule has 4 aliphatic carbocycles. The van der Waals surface area contributed by atoms with E-state index in [2.05, 4.69) is 31.0 Å². The number of benzene rings is 1. The zero-order valence-corrected chi connectivity index (χ0v) is 28.9. The number of nitriles is 2. The first-order valence-corrected chi connectivity index (χ1v) is 17.0. The van der Waals surface area contributed by atoms with Gasteiger partial charge in [-0.15, -0.1) is 0 Å². The van der Waals surface area contributed by atoms with Gasteiger partial charge in [0.1, 0.15) is 18.0 Å². The van der Waals surface area contributed by atoms with Crippen molar-refractivity contribution in [3.05, 3.63) is 88.2 Å². The second-order valence-corrected chi connectivity index (χ2v) is 15.3. The van der Waals surface area contributed by atoms with Crippen molar-refractivity contribution in [2.24, 2.45) is 22.7 Å².